The summed E-state index contributed by atoms with van der Waals surface area (Å²) < 4.78 is 0. The molecule has 0 radical (unpaired) electrons. The Morgan fingerprint density at radius 2 is 1.76 bits per heavy atom. The number of aryl methyl sites for hydroxylation is 1. The Morgan fingerprint density at radius 3 is 2.29 bits per heavy atom. The number of halogens is 1. The van der Waals surface area contributed by atoms with Gasteiger partial charge in [-0.1, -0.05) is 37.6 Å². The summed E-state index contributed by atoms with van der Waals surface area (Å²) in [5.41, 5.74) is 2.64. The maximum Gasteiger partial charge on any atom is 0.221 e. The van der Waals surface area contributed by atoms with Gasteiger partial charge in [0.1, 0.15) is 0 Å². The predicted molar refractivity (Wildman–Crippen MR) is 72.5 cm³/mol. The predicted octanol–water partition coefficient (Wildman–Crippen LogP) is 2.93. The zero-order valence-corrected chi connectivity index (χ0v) is 11.1. The van der Waals surface area contributed by atoms with Gasteiger partial charge in [0.05, 0.1) is 0 Å². The second kappa shape index (κ2) is 8.13. The molecule has 0 unspecified atom stereocenters. The molecule has 2 nitrogen and oxygen atoms in total. The summed E-state index contributed by atoms with van der Waals surface area (Å²) in [4.78, 5) is 11.2. The van der Waals surface area contributed by atoms with Gasteiger partial charge in [-0.3, -0.25) is 4.79 Å². The van der Waals surface area contributed by atoms with Crippen molar-refractivity contribution in [3.63, 3.8) is 0 Å². The van der Waals surface area contributed by atoms with E-state index in [1.807, 2.05) is 0 Å². The molecule has 0 bridgehead atoms. The minimum absolute atomic E-state index is 0.0302. The summed E-state index contributed by atoms with van der Waals surface area (Å²) in [7, 11) is 0. The van der Waals surface area contributed by atoms with Gasteiger partial charge < -0.3 is 5.32 Å². The van der Waals surface area contributed by atoms with E-state index in [0.29, 0.717) is 18.8 Å². The van der Waals surface area contributed by atoms with Crippen LogP contribution in [0.3, 0.4) is 0 Å². The maximum atomic E-state index is 11.2. The number of alkyl halides is 1. The quantitative estimate of drug-likeness (QED) is 0.744. The van der Waals surface area contributed by atoms with Gasteiger partial charge >= 0.3 is 0 Å². The van der Waals surface area contributed by atoms with Crippen LogP contribution in [0.1, 0.15) is 30.9 Å². The zero-order chi connectivity index (χ0) is 12.5. The number of benzene rings is 1. The molecule has 0 atom stereocenters. The molecule has 0 heterocycles. The zero-order valence-electron chi connectivity index (χ0n) is 10.3. The SMILES string of the molecule is CCCc1ccc(CCNC(=O)CCCl)cc1. The van der Waals surface area contributed by atoms with Crippen LogP contribution in [0, 0.1) is 0 Å². The van der Waals surface area contributed by atoms with Gasteiger partial charge in [-0.15, -0.1) is 11.6 Å². The molecular weight excluding hydrogens is 234 g/mol. The molecule has 0 aliphatic heterocycles. The van der Waals surface area contributed by atoms with Crippen molar-refractivity contribution in [3.05, 3.63) is 35.4 Å². The minimum atomic E-state index is 0.0302. The number of amides is 1. The number of hydrogen-bond acceptors (Lipinski definition) is 1. The number of hydrogen-bond donors (Lipinski definition) is 1. The van der Waals surface area contributed by atoms with E-state index >= 15 is 0 Å². The summed E-state index contributed by atoms with van der Waals surface area (Å²) >= 11 is 5.48. The average molecular weight is 254 g/mol. The molecule has 0 saturated heterocycles. The first-order valence-corrected chi connectivity index (χ1v) is 6.70. The molecule has 1 rings (SSSR count). The van der Waals surface area contributed by atoms with Crippen LogP contribution >= 0.6 is 11.6 Å². The molecule has 17 heavy (non-hydrogen) atoms. The lowest BCUT2D eigenvalue weighted by molar-refractivity contribution is -0.120. The normalized spacial score (nSPS) is 10.2. The highest BCUT2D eigenvalue weighted by molar-refractivity contribution is 6.18. The van der Waals surface area contributed by atoms with Crippen molar-refractivity contribution in [1.82, 2.24) is 5.32 Å². The summed E-state index contributed by atoms with van der Waals surface area (Å²) in [6.07, 6.45) is 3.58. The lowest BCUT2D eigenvalue weighted by Crippen LogP contribution is -2.25. The van der Waals surface area contributed by atoms with Crippen molar-refractivity contribution in [2.45, 2.75) is 32.6 Å². The maximum absolute atomic E-state index is 11.2. The Morgan fingerprint density at radius 1 is 1.18 bits per heavy atom. The van der Waals surface area contributed by atoms with Crippen LogP contribution in [-0.4, -0.2) is 18.3 Å². The fourth-order valence-corrected chi connectivity index (χ4v) is 1.85. The largest absolute Gasteiger partial charge is 0.356 e. The van der Waals surface area contributed by atoms with Crippen LogP contribution in [0.25, 0.3) is 0 Å². The summed E-state index contributed by atoms with van der Waals surface area (Å²) in [5.74, 6) is 0.417. The summed E-state index contributed by atoms with van der Waals surface area (Å²) in [5, 5.41) is 2.85. The lowest BCUT2D eigenvalue weighted by Gasteiger charge is -2.05. The first-order chi connectivity index (χ1) is 8.26. The number of nitrogens with one attached hydrogen (secondary N) is 1. The Bertz CT molecular complexity index is 335. The van der Waals surface area contributed by atoms with E-state index in [1.54, 1.807) is 0 Å². The van der Waals surface area contributed by atoms with Crippen LogP contribution in [0.2, 0.25) is 0 Å². The smallest absolute Gasteiger partial charge is 0.221 e. The Labute approximate surface area is 108 Å². The van der Waals surface area contributed by atoms with E-state index in [1.165, 1.54) is 17.5 Å². The van der Waals surface area contributed by atoms with E-state index in [2.05, 4.69) is 36.5 Å². The Kier molecular flexibility index (Phi) is 6.71. The second-order valence-electron chi connectivity index (χ2n) is 4.11. The standard InChI is InChI=1S/C14H20ClNO/c1-2-3-12-4-6-13(7-5-12)9-11-16-14(17)8-10-15/h4-7H,2-3,8-11H2,1H3,(H,16,17). The molecule has 1 amide bonds. The first-order valence-electron chi connectivity index (χ1n) is 6.16. The van der Waals surface area contributed by atoms with Crippen LogP contribution in [-0.2, 0) is 17.6 Å². The van der Waals surface area contributed by atoms with Crippen LogP contribution in [0.15, 0.2) is 24.3 Å². The average Bonchev–Trinajstić information content (AvgIpc) is 2.32. The van der Waals surface area contributed by atoms with Crippen LogP contribution in [0.5, 0.6) is 0 Å². The summed E-state index contributed by atoms with van der Waals surface area (Å²) in [6.45, 7) is 2.86. The van der Waals surface area contributed by atoms with E-state index in [4.69, 9.17) is 11.6 Å². The van der Waals surface area contributed by atoms with Crippen molar-refractivity contribution in [2.24, 2.45) is 0 Å². The van der Waals surface area contributed by atoms with Gasteiger partial charge in [0.15, 0.2) is 0 Å². The topological polar surface area (TPSA) is 29.1 Å². The van der Waals surface area contributed by atoms with Crippen molar-refractivity contribution in [2.75, 3.05) is 12.4 Å². The highest BCUT2D eigenvalue weighted by Crippen LogP contribution is 2.06. The Balaban J connectivity index is 2.29. The number of carbonyl (C=O) groups excluding carboxylic acids is 1. The molecule has 3 heteroatoms. The molecule has 0 saturated carbocycles. The van der Waals surface area contributed by atoms with E-state index in [0.717, 1.165) is 12.8 Å². The van der Waals surface area contributed by atoms with Crippen LogP contribution in [0.4, 0.5) is 0 Å². The van der Waals surface area contributed by atoms with E-state index in [9.17, 15) is 4.79 Å². The fraction of sp³-hybridized carbons (Fsp3) is 0.500. The Hall–Kier alpha value is -1.02. The van der Waals surface area contributed by atoms with E-state index < -0.39 is 0 Å². The highest BCUT2D eigenvalue weighted by atomic mass is 35.5. The summed E-state index contributed by atoms with van der Waals surface area (Å²) in [6, 6.07) is 8.61. The molecule has 0 aromatic heterocycles. The van der Waals surface area contributed by atoms with Gasteiger partial charge in [0.2, 0.25) is 5.91 Å². The second-order valence-corrected chi connectivity index (χ2v) is 4.48. The minimum Gasteiger partial charge on any atom is -0.356 e. The third-order valence-corrected chi connectivity index (χ3v) is 2.81. The highest BCUT2D eigenvalue weighted by Gasteiger charge is 1.99. The third kappa shape index (κ3) is 5.73. The molecule has 1 aromatic carbocycles. The molecule has 94 valence electrons. The molecule has 0 spiro atoms. The molecule has 0 aliphatic carbocycles. The molecule has 1 aromatic rings. The fourth-order valence-electron chi connectivity index (χ4n) is 1.68. The van der Waals surface area contributed by atoms with Gasteiger partial charge in [-0.2, -0.15) is 0 Å². The number of carbonyl (C=O) groups is 1. The lowest BCUT2D eigenvalue weighted by atomic mass is 10.1. The first kappa shape index (κ1) is 14.0. The van der Waals surface area contributed by atoms with Crippen molar-refractivity contribution >= 4 is 17.5 Å². The van der Waals surface area contributed by atoms with Gasteiger partial charge in [0.25, 0.3) is 0 Å². The van der Waals surface area contributed by atoms with Crippen LogP contribution < -0.4 is 5.32 Å². The van der Waals surface area contributed by atoms with Gasteiger partial charge in [-0.25, -0.2) is 0 Å². The monoisotopic (exact) mass is 253 g/mol. The van der Waals surface area contributed by atoms with Crippen molar-refractivity contribution in [3.8, 4) is 0 Å². The van der Waals surface area contributed by atoms with Crippen molar-refractivity contribution in [1.29, 1.82) is 0 Å². The number of rotatable bonds is 7. The van der Waals surface area contributed by atoms with Gasteiger partial charge in [0, 0.05) is 18.8 Å². The van der Waals surface area contributed by atoms with Gasteiger partial charge in [-0.05, 0) is 24.0 Å². The molecule has 0 fully saturated rings. The molecule has 0 aliphatic rings. The molecular formula is C14H20ClNO. The molecule has 1 N–H and O–H groups in total. The third-order valence-electron chi connectivity index (χ3n) is 2.62. The van der Waals surface area contributed by atoms with Crippen molar-refractivity contribution < 1.29 is 4.79 Å². The van der Waals surface area contributed by atoms with E-state index in [-0.39, 0.29) is 5.91 Å².